The summed E-state index contributed by atoms with van der Waals surface area (Å²) in [7, 11) is 0. The maximum atomic E-state index is 13.4. The number of H-pyrrole nitrogens is 1. The van der Waals surface area contributed by atoms with Crippen LogP contribution in [0.1, 0.15) is 29.1 Å². The number of hydrogen-bond donors (Lipinski definition) is 2. The highest BCUT2D eigenvalue weighted by Gasteiger charge is 2.18. The zero-order valence-electron chi connectivity index (χ0n) is 10.5. The van der Waals surface area contributed by atoms with Crippen molar-refractivity contribution in [2.45, 2.75) is 13.0 Å². The van der Waals surface area contributed by atoms with Crippen molar-refractivity contribution in [1.29, 1.82) is 0 Å². The summed E-state index contributed by atoms with van der Waals surface area (Å²) in [5.41, 5.74) is 0.444. The van der Waals surface area contributed by atoms with Crippen LogP contribution in [0.5, 0.6) is 0 Å². The number of aromatic nitrogens is 4. The van der Waals surface area contributed by atoms with Gasteiger partial charge < -0.3 is 10.1 Å². The number of carboxylic acids is 1. The molecule has 7 heteroatoms. The van der Waals surface area contributed by atoms with Crippen LogP contribution in [0.25, 0.3) is 11.0 Å². The molecule has 2 N–H and O–H groups in total. The number of aromatic carboxylic acids is 1. The van der Waals surface area contributed by atoms with E-state index in [-0.39, 0.29) is 17.1 Å². The Morgan fingerprint density at radius 2 is 2.30 bits per heavy atom. The molecule has 0 spiro atoms. The van der Waals surface area contributed by atoms with Crippen molar-refractivity contribution in [3.63, 3.8) is 0 Å². The minimum atomic E-state index is -1.21. The average Bonchev–Trinajstić information content (AvgIpc) is 3.05. The number of carbonyl (C=O) groups is 1. The predicted octanol–water partition coefficient (Wildman–Crippen LogP) is 2.21. The quantitative estimate of drug-likeness (QED) is 0.767. The van der Waals surface area contributed by atoms with Crippen LogP contribution in [-0.4, -0.2) is 30.8 Å². The van der Waals surface area contributed by atoms with E-state index < -0.39 is 11.8 Å². The Balaban J connectivity index is 2.15. The second-order valence-electron chi connectivity index (χ2n) is 4.44. The smallest absolute Gasteiger partial charge is 0.338 e. The lowest BCUT2D eigenvalue weighted by atomic mass is 10.2. The van der Waals surface area contributed by atoms with Gasteiger partial charge in [-0.2, -0.15) is 5.10 Å². The molecule has 0 saturated carbocycles. The molecule has 0 aliphatic rings. The first-order valence-corrected chi connectivity index (χ1v) is 5.98. The van der Waals surface area contributed by atoms with Gasteiger partial charge in [-0.05, 0) is 25.1 Å². The van der Waals surface area contributed by atoms with Gasteiger partial charge in [-0.3, -0.25) is 4.68 Å². The largest absolute Gasteiger partial charge is 0.478 e. The Morgan fingerprint density at radius 3 is 2.95 bits per heavy atom. The van der Waals surface area contributed by atoms with Gasteiger partial charge in [0.15, 0.2) is 0 Å². The maximum Gasteiger partial charge on any atom is 0.338 e. The fourth-order valence-electron chi connectivity index (χ4n) is 2.10. The summed E-state index contributed by atoms with van der Waals surface area (Å²) in [5, 5.41) is 13.2. The Kier molecular flexibility index (Phi) is 2.74. The van der Waals surface area contributed by atoms with E-state index in [9.17, 15) is 9.18 Å². The number of nitrogens with zero attached hydrogens (tertiary/aromatic N) is 3. The van der Waals surface area contributed by atoms with E-state index in [4.69, 9.17) is 5.11 Å². The van der Waals surface area contributed by atoms with Gasteiger partial charge in [-0.15, -0.1) is 0 Å². The normalized spacial score (nSPS) is 12.7. The second-order valence-corrected chi connectivity index (χ2v) is 4.44. The highest BCUT2D eigenvalue weighted by molar-refractivity contribution is 6.01. The van der Waals surface area contributed by atoms with Crippen molar-refractivity contribution in [3.8, 4) is 0 Å². The molecule has 3 aromatic rings. The average molecular weight is 274 g/mol. The summed E-state index contributed by atoms with van der Waals surface area (Å²) < 4.78 is 15.1. The monoisotopic (exact) mass is 274 g/mol. The molecule has 2 aromatic heterocycles. The number of nitrogens with one attached hydrogen (secondary N) is 1. The molecular weight excluding hydrogens is 263 g/mol. The molecule has 6 nitrogen and oxygen atoms in total. The first-order chi connectivity index (χ1) is 9.56. The van der Waals surface area contributed by atoms with E-state index in [0.29, 0.717) is 11.3 Å². The first kappa shape index (κ1) is 12.3. The topological polar surface area (TPSA) is 83.8 Å². The Labute approximate surface area is 112 Å². The summed E-state index contributed by atoms with van der Waals surface area (Å²) in [6.45, 7) is 1.86. The number of aromatic amines is 1. The molecule has 3 rings (SSSR count). The van der Waals surface area contributed by atoms with Crippen LogP contribution in [0, 0.1) is 5.82 Å². The van der Waals surface area contributed by atoms with Crippen molar-refractivity contribution in [1.82, 2.24) is 19.7 Å². The van der Waals surface area contributed by atoms with Crippen LogP contribution in [0.4, 0.5) is 4.39 Å². The van der Waals surface area contributed by atoms with Gasteiger partial charge in [0.2, 0.25) is 0 Å². The van der Waals surface area contributed by atoms with E-state index in [1.165, 1.54) is 6.07 Å². The minimum Gasteiger partial charge on any atom is -0.478 e. The molecular formula is C13H11FN4O2. The minimum absolute atomic E-state index is 0.157. The number of fused-ring (bicyclic) bond motifs is 1. The number of hydrogen-bond acceptors (Lipinski definition) is 3. The van der Waals surface area contributed by atoms with Gasteiger partial charge in [0.1, 0.15) is 23.2 Å². The van der Waals surface area contributed by atoms with Gasteiger partial charge in [0, 0.05) is 12.4 Å². The number of imidazole rings is 1. The summed E-state index contributed by atoms with van der Waals surface area (Å²) in [6.07, 6.45) is 3.41. The third kappa shape index (κ3) is 1.93. The molecule has 0 saturated heterocycles. The number of rotatable bonds is 3. The number of halogens is 1. The molecule has 2 heterocycles. The van der Waals surface area contributed by atoms with Crippen molar-refractivity contribution < 1.29 is 14.3 Å². The van der Waals surface area contributed by atoms with Crippen LogP contribution >= 0.6 is 0 Å². The van der Waals surface area contributed by atoms with Crippen LogP contribution in [-0.2, 0) is 0 Å². The lowest BCUT2D eigenvalue weighted by Gasteiger charge is -2.08. The molecule has 0 aliphatic carbocycles. The third-order valence-corrected chi connectivity index (χ3v) is 3.12. The lowest BCUT2D eigenvalue weighted by molar-refractivity contribution is 0.0698. The zero-order valence-corrected chi connectivity index (χ0v) is 10.5. The molecule has 102 valence electrons. The van der Waals surface area contributed by atoms with E-state index in [0.717, 1.165) is 6.07 Å². The van der Waals surface area contributed by atoms with E-state index in [2.05, 4.69) is 15.1 Å². The second kappa shape index (κ2) is 4.44. The highest BCUT2D eigenvalue weighted by Crippen LogP contribution is 2.22. The van der Waals surface area contributed by atoms with Crippen LogP contribution in [0.2, 0.25) is 0 Å². The van der Waals surface area contributed by atoms with Crippen LogP contribution in [0.15, 0.2) is 30.6 Å². The Hall–Kier alpha value is -2.70. The molecule has 1 aromatic carbocycles. The first-order valence-electron chi connectivity index (χ1n) is 5.98. The van der Waals surface area contributed by atoms with Crippen molar-refractivity contribution >= 4 is 17.0 Å². The zero-order chi connectivity index (χ0) is 14.3. The van der Waals surface area contributed by atoms with Gasteiger partial charge in [-0.1, -0.05) is 0 Å². The lowest BCUT2D eigenvalue weighted by Crippen LogP contribution is -2.08. The maximum absolute atomic E-state index is 13.4. The van der Waals surface area contributed by atoms with E-state index in [1.54, 1.807) is 23.1 Å². The summed E-state index contributed by atoms with van der Waals surface area (Å²) in [4.78, 5) is 18.3. The van der Waals surface area contributed by atoms with Gasteiger partial charge in [-0.25, -0.2) is 14.2 Å². The summed E-state index contributed by atoms with van der Waals surface area (Å²) >= 11 is 0. The molecule has 1 atom stereocenters. The highest BCUT2D eigenvalue weighted by atomic mass is 19.1. The Morgan fingerprint density at radius 1 is 1.50 bits per heavy atom. The number of benzene rings is 1. The van der Waals surface area contributed by atoms with E-state index >= 15 is 0 Å². The fraction of sp³-hybridized carbons (Fsp3) is 0.154. The molecule has 0 bridgehead atoms. The van der Waals surface area contributed by atoms with Gasteiger partial charge in [0.05, 0.1) is 11.1 Å². The van der Waals surface area contributed by atoms with Crippen molar-refractivity contribution in [3.05, 3.63) is 47.8 Å². The molecule has 1 unspecified atom stereocenters. The molecule has 0 aliphatic heterocycles. The van der Waals surface area contributed by atoms with Crippen LogP contribution < -0.4 is 0 Å². The molecule has 0 radical (unpaired) electrons. The summed E-state index contributed by atoms with van der Waals surface area (Å²) in [5.74, 6) is -1.30. The van der Waals surface area contributed by atoms with E-state index in [1.807, 2.05) is 6.92 Å². The summed E-state index contributed by atoms with van der Waals surface area (Å²) in [6, 6.07) is 3.77. The molecule has 0 fully saturated rings. The van der Waals surface area contributed by atoms with Crippen molar-refractivity contribution in [2.24, 2.45) is 0 Å². The fourth-order valence-corrected chi connectivity index (χ4v) is 2.10. The standard InChI is InChI=1S/C13H11FN4O2/c1-7(18-4-2-3-15-18)12-16-10-6-8(14)5-9(13(19)20)11(10)17-12/h2-7H,1H3,(H,16,17)(H,19,20). The molecule has 0 amide bonds. The SMILES string of the molecule is CC(c1nc2c(C(=O)O)cc(F)cc2[nH]1)n1cccn1. The van der Waals surface area contributed by atoms with Gasteiger partial charge in [0.25, 0.3) is 0 Å². The Bertz CT molecular complexity index is 779. The van der Waals surface area contributed by atoms with Crippen LogP contribution in [0.3, 0.4) is 0 Å². The van der Waals surface area contributed by atoms with Crippen molar-refractivity contribution in [2.75, 3.05) is 0 Å². The predicted molar refractivity (Wildman–Crippen MR) is 69.1 cm³/mol. The van der Waals surface area contributed by atoms with Gasteiger partial charge >= 0.3 is 5.97 Å². The molecule has 20 heavy (non-hydrogen) atoms. The third-order valence-electron chi connectivity index (χ3n) is 3.12. The number of carboxylic acid groups (broad SMARTS) is 1.